The molecule has 2 fully saturated rings. The molecule has 7 nitrogen and oxygen atoms in total. The fourth-order valence-electron chi connectivity index (χ4n) is 4.84. The molecule has 1 aromatic heterocycles. The molecule has 3 aliphatic rings. The van der Waals surface area contributed by atoms with Crippen LogP contribution in [0.15, 0.2) is 6.07 Å². The van der Waals surface area contributed by atoms with Crippen LogP contribution in [-0.4, -0.2) is 60.7 Å². The molecule has 4 N–H and O–H groups in total. The van der Waals surface area contributed by atoms with Gasteiger partial charge in [-0.2, -0.15) is 0 Å². The van der Waals surface area contributed by atoms with Gasteiger partial charge in [0.2, 0.25) is 5.91 Å². The average molecular weight is 408 g/mol. The number of nitrogens with zero attached hydrogens (tertiary/aromatic N) is 1. The molecular weight excluding hydrogens is 378 g/mol. The maximum atomic E-state index is 12.8. The molecule has 0 aromatic carbocycles. The predicted molar refractivity (Wildman–Crippen MR) is 106 cm³/mol. The van der Waals surface area contributed by atoms with Crippen molar-refractivity contribution < 1.29 is 19.4 Å². The Balaban J connectivity index is 1.49. The van der Waals surface area contributed by atoms with E-state index in [4.69, 9.17) is 10.5 Å². The molecule has 0 unspecified atom stereocenters. The quantitative estimate of drug-likeness (QED) is 0.690. The van der Waals surface area contributed by atoms with Gasteiger partial charge in [0.15, 0.2) is 0 Å². The molecule has 154 valence electrons. The number of piperidine rings is 1. The number of ether oxygens (including phenoxy) is 1. The summed E-state index contributed by atoms with van der Waals surface area (Å²) in [5, 5.41) is 12.6. The van der Waals surface area contributed by atoms with Gasteiger partial charge in [-0.1, -0.05) is 6.42 Å². The fraction of sp³-hybridized carbons (Fsp3) is 0.700. The normalized spacial score (nSPS) is 26.3. The van der Waals surface area contributed by atoms with Crippen LogP contribution in [-0.2, 0) is 21.6 Å². The van der Waals surface area contributed by atoms with E-state index in [1.54, 1.807) is 4.90 Å². The van der Waals surface area contributed by atoms with Crippen molar-refractivity contribution in [1.82, 2.24) is 10.2 Å². The first kappa shape index (κ1) is 19.8. The number of nitrogens with two attached hydrogens (primary N) is 1. The summed E-state index contributed by atoms with van der Waals surface area (Å²) in [6.07, 6.45) is 5.24. The Morgan fingerprint density at radius 3 is 2.86 bits per heavy atom. The second kappa shape index (κ2) is 8.10. The zero-order chi connectivity index (χ0) is 19.7. The number of thiophene rings is 1. The van der Waals surface area contributed by atoms with Crippen molar-refractivity contribution in [3.8, 4) is 0 Å². The van der Waals surface area contributed by atoms with E-state index >= 15 is 0 Å². The third-order valence-electron chi connectivity index (χ3n) is 6.50. The molecule has 28 heavy (non-hydrogen) atoms. The largest absolute Gasteiger partial charge is 0.396 e. The fourth-order valence-corrected chi connectivity index (χ4v) is 6.15. The van der Waals surface area contributed by atoms with Crippen molar-refractivity contribution in [3.05, 3.63) is 21.4 Å². The first-order valence-electron chi connectivity index (χ1n) is 10.2. The van der Waals surface area contributed by atoms with Crippen molar-refractivity contribution in [2.75, 3.05) is 32.8 Å². The molecule has 8 heteroatoms. The number of likely N-dealkylation sites (tertiary alicyclic amines) is 1. The summed E-state index contributed by atoms with van der Waals surface area (Å²) >= 11 is 1.53. The Morgan fingerprint density at radius 2 is 2.14 bits per heavy atom. The van der Waals surface area contributed by atoms with Crippen molar-refractivity contribution in [1.29, 1.82) is 0 Å². The first-order chi connectivity index (χ1) is 13.6. The van der Waals surface area contributed by atoms with E-state index < -0.39 is 0 Å². The van der Waals surface area contributed by atoms with Gasteiger partial charge in [0.05, 0.1) is 18.0 Å². The predicted octanol–water partition coefficient (Wildman–Crippen LogP) is 0.988. The molecule has 2 aliphatic heterocycles. The minimum atomic E-state index is -0.386. The highest BCUT2D eigenvalue weighted by Crippen LogP contribution is 2.45. The Hall–Kier alpha value is -1.48. The summed E-state index contributed by atoms with van der Waals surface area (Å²) in [5.41, 5.74) is 6.31. The number of aliphatic hydroxyl groups excluding tert-OH is 1. The lowest BCUT2D eigenvalue weighted by Gasteiger charge is -2.43. The van der Waals surface area contributed by atoms with Gasteiger partial charge in [-0.3, -0.25) is 9.59 Å². The molecule has 1 saturated heterocycles. The zero-order valence-electron chi connectivity index (χ0n) is 16.1. The van der Waals surface area contributed by atoms with Gasteiger partial charge in [0.25, 0.3) is 5.91 Å². The molecular formula is C20H29N3O4S. The highest BCUT2D eigenvalue weighted by molar-refractivity contribution is 7.14. The minimum Gasteiger partial charge on any atom is -0.396 e. The van der Waals surface area contributed by atoms with Crippen LogP contribution in [0.2, 0.25) is 0 Å². The number of aliphatic hydroxyl groups is 1. The molecule has 4 rings (SSSR count). The molecule has 1 aliphatic carbocycles. The Labute approximate surface area is 169 Å². The lowest BCUT2D eigenvalue weighted by molar-refractivity contribution is -0.138. The number of carbonyl (C=O) groups excluding carboxylic acids is 2. The van der Waals surface area contributed by atoms with E-state index in [1.807, 2.05) is 6.07 Å². The molecule has 1 spiro atoms. The highest BCUT2D eigenvalue weighted by Gasteiger charge is 2.43. The van der Waals surface area contributed by atoms with Gasteiger partial charge in [-0.05, 0) is 43.7 Å². The Morgan fingerprint density at radius 1 is 1.36 bits per heavy atom. The molecule has 3 heterocycles. The van der Waals surface area contributed by atoms with Crippen molar-refractivity contribution in [2.45, 2.75) is 50.2 Å². The van der Waals surface area contributed by atoms with Crippen LogP contribution < -0.4 is 11.1 Å². The van der Waals surface area contributed by atoms with Crippen molar-refractivity contribution in [3.63, 3.8) is 0 Å². The van der Waals surface area contributed by atoms with E-state index in [0.29, 0.717) is 19.7 Å². The number of nitrogens with one attached hydrogen (secondary N) is 1. The Kier molecular flexibility index (Phi) is 5.73. The summed E-state index contributed by atoms with van der Waals surface area (Å²) in [5.74, 6) is 0.0976. The van der Waals surface area contributed by atoms with Gasteiger partial charge >= 0.3 is 0 Å². The van der Waals surface area contributed by atoms with Crippen LogP contribution in [0.3, 0.4) is 0 Å². The number of fused-ring (bicyclic) bond motifs is 2. The topological polar surface area (TPSA) is 105 Å². The summed E-state index contributed by atoms with van der Waals surface area (Å²) in [7, 11) is 0. The van der Waals surface area contributed by atoms with Crippen molar-refractivity contribution in [2.24, 2.45) is 11.7 Å². The maximum Gasteiger partial charge on any atom is 0.261 e. The van der Waals surface area contributed by atoms with E-state index in [1.165, 1.54) is 16.9 Å². The van der Waals surface area contributed by atoms with E-state index in [2.05, 4.69) is 5.32 Å². The number of amides is 2. The molecule has 1 aromatic rings. The van der Waals surface area contributed by atoms with E-state index in [9.17, 15) is 14.7 Å². The van der Waals surface area contributed by atoms with E-state index in [-0.39, 0.29) is 42.5 Å². The zero-order valence-corrected chi connectivity index (χ0v) is 16.9. The first-order valence-corrected chi connectivity index (χ1v) is 11.0. The summed E-state index contributed by atoms with van der Waals surface area (Å²) in [4.78, 5) is 28.4. The Bertz CT molecular complexity index is 742. The number of carbonyl (C=O) groups is 2. The molecule has 0 bridgehead atoms. The second-order valence-corrected chi connectivity index (χ2v) is 9.15. The van der Waals surface area contributed by atoms with Gasteiger partial charge < -0.3 is 25.8 Å². The number of hydrogen-bond acceptors (Lipinski definition) is 6. The monoisotopic (exact) mass is 407 g/mol. The summed E-state index contributed by atoms with van der Waals surface area (Å²) in [6.45, 7) is 2.08. The van der Waals surface area contributed by atoms with Gasteiger partial charge in [-0.25, -0.2) is 0 Å². The SMILES string of the molecule is NCC(=O)N1CCC2(CC1)OCCc1cc(C(=O)N[C@H]3CCC[C@H]3CO)sc12. The standard InChI is InChI=1S/C20H29N3O4S/c21-11-17(25)23-7-5-20(6-8-23)18-13(4-9-27-20)10-16(28-18)19(26)22-15-3-1-2-14(15)12-24/h10,14-15,24H,1-9,11-12,21H2,(H,22,26)/t14-,15-/m0/s1. The van der Waals surface area contributed by atoms with E-state index in [0.717, 1.165) is 48.3 Å². The molecule has 1 saturated carbocycles. The van der Waals surface area contributed by atoms with Crippen LogP contribution in [0, 0.1) is 5.92 Å². The second-order valence-electron chi connectivity index (χ2n) is 8.10. The van der Waals surface area contributed by atoms with Crippen molar-refractivity contribution >= 4 is 23.2 Å². The number of hydrogen-bond donors (Lipinski definition) is 3. The van der Waals surface area contributed by atoms with Gasteiger partial charge in [0.1, 0.15) is 5.60 Å². The lowest BCUT2D eigenvalue weighted by atomic mass is 9.85. The summed E-state index contributed by atoms with van der Waals surface area (Å²) in [6, 6.07) is 2.08. The third-order valence-corrected chi connectivity index (χ3v) is 7.87. The average Bonchev–Trinajstić information content (AvgIpc) is 3.35. The third kappa shape index (κ3) is 3.58. The van der Waals surface area contributed by atoms with Crippen LogP contribution in [0.25, 0.3) is 0 Å². The number of rotatable bonds is 4. The molecule has 0 radical (unpaired) electrons. The van der Waals surface area contributed by atoms with Crippen LogP contribution >= 0.6 is 11.3 Å². The smallest absolute Gasteiger partial charge is 0.261 e. The summed E-state index contributed by atoms with van der Waals surface area (Å²) < 4.78 is 6.23. The van der Waals surface area contributed by atoms with Crippen LogP contribution in [0.4, 0.5) is 0 Å². The van der Waals surface area contributed by atoms with Crippen LogP contribution in [0.5, 0.6) is 0 Å². The van der Waals surface area contributed by atoms with Crippen LogP contribution in [0.1, 0.15) is 52.2 Å². The maximum absolute atomic E-state index is 12.8. The van der Waals surface area contributed by atoms with Gasteiger partial charge in [-0.15, -0.1) is 11.3 Å². The molecule has 2 amide bonds. The highest BCUT2D eigenvalue weighted by atomic mass is 32.1. The lowest BCUT2D eigenvalue weighted by Crippen LogP contribution is -2.49. The minimum absolute atomic E-state index is 0.0212. The molecule has 2 atom stereocenters. The van der Waals surface area contributed by atoms with Gasteiger partial charge in [0, 0.05) is 36.5 Å².